The summed E-state index contributed by atoms with van der Waals surface area (Å²) < 4.78 is 15.5. The van der Waals surface area contributed by atoms with E-state index in [2.05, 4.69) is 4.74 Å². The van der Waals surface area contributed by atoms with E-state index in [0.29, 0.717) is 6.42 Å². The monoisotopic (exact) mass is 250 g/mol. The number of hydrogen-bond acceptors (Lipinski definition) is 5. The van der Waals surface area contributed by atoms with E-state index in [-0.39, 0.29) is 19.2 Å². The molecule has 0 rings (SSSR count). The Hall–Kier alpha value is -0.203. The number of aliphatic hydroxyl groups is 1. The van der Waals surface area contributed by atoms with E-state index in [1.165, 1.54) is 0 Å². The van der Waals surface area contributed by atoms with Crippen LogP contribution in [0, 0.1) is 0 Å². The second-order valence-electron chi connectivity index (χ2n) is 3.11. The van der Waals surface area contributed by atoms with Gasteiger partial charge in [0.2, 0.25) is 0 Å². The maximum Gasteiger partial charge on any atom is 0.306 e. The predicted molar refractivity (Wildman–Crippen MR) is 61.7 cm³/mol. The average molecular weight is 250 g/mol. The molecule has 0 amide bonds. The lowest BCUT2D eigenvalue weighted by molar-refractivity contribution is -0.144. The lowest BCUT2D eigenvalue weighted by Crippen LogP contribution is -2.09. The van der Waals surface area contributed by atoms with Crippen LogP contribution in [0.3, 0.4) is 0 Å². The molecule has 0 saturated carbocycles. The van der Waals surface area contributed by atoms with Gasteiger partial charge in [0, 0.05) is 5.75 Å². The van der Waals surface area contributed by atoms with Crippen molar-refractivity contribution in [2.24, 2.45) is 0 Å². The van der Waals surface area contributed by atoms with Gasteiger partial charge in [0.05, 0.1) is 13.0 Å². The third kappa shape index (κ3) is 11.7. The Morgan fingerprint density at radius 2 is 2.20 bits per heavy atom. The van der Waals surface area contributed by atoms with Crippen LogP contribution in [-0.4, -0.2) is 44.5 Å². The highest BCUT2D eigenvalue weighted by Crippen LogP contribution is 2.07. The zero-order chi connectivity index (χ0) is 11.5. The Bertz CT molecular complexity index is 199. The zero-order valence-electron chi connectivity index (χ0n) is 9.03. The Balaban J connectivity index is 3.16. The largest absolute Gasteiger partial charge is 0.463 e. The summed E-state index contributed by atoms with van der Waals surface area (Å²) in [6.07, 6.45) is 1.33. The van der Waals surface area contributed by atoms with Crippen LogP contribution in [-0.2, 0) is 14.0 Å². The van der Waals surface area contributed by atoms with Gasteiger partial charge in [-0.05, 0) is 24.8 Å². The van der Waals surface area contributed by atoms with Gasteiger partial charge in [-0.25, -0.2) is 0 Å². The summed E-state index contributed by atoms with van der Waals surface area (Å²) in [7, 11) is -1.33. The first-order chi connectivity index (χ1) is 7.16. The Morgan fingerprint density at radius 3 is 2.80 bits per heavy atom. The van der Waals surface area contributed by atoms with Crippen molar-refractivity contribution in [1.29, 1.82) is 0 Å². The van der Waals surface area contributed by atoms with E-state index in [4.69, 9.17) is 5.11 Å². The number of hydrogen-bond donors (Lipinski definition) is 1. The van der Waals surface area contributed by atoms with E-state index < -0.39 is 8.68 Å². The average Bonchev–Trinajstić information content (AvgIpc) is 2.19. The van der Waals surface area contributed by atoms with Crippen molar-refractivity contribution in [2.45, 2.75) is 25.4 Å². The molecule has 0 aromatic carbocycles. The van der Waals surface area contributed by atoms with Gasteiger partial charge in [0.1, 0.15) is 6.61 Å². The molecule has 0 aliphatic carbocycles. The first kappa shape index (κ1) is 14.8. The van der Waals surface area contributed by atoms with Gasteiger partial charge >= 0.3 is 5.97 Å². The van der Waals surface area contributed by atoms with Gasteiger partial charge < -0.3 is 14.3 Å². The fourth-order valence-corrected chi connectivity index (χ4v) is 2.71. The molecular weight excluding hydrogens is 232 g/mol. The third-order valence-electron chi connectivity index (χ3n) is 1.62. The maximum atomic E-state index is 11.0. The smallest absolute Gasteiger partial charge is 0.306 e. The van der Waals surface area contributed by atoms with Crippen LogP contribution in [0.2, 0.25) is 12.6 Å². The van der Waals surface area contributed by atoms with Crippen molar-refractivity contribution in [2.75, 3.05) is 24.7 Å². The van der Waals surface area contributed by atoms with Gasteiger partial charge in [-0.3, -0.25) is 4.79 Å². The normalized spacial score (nSPS) is 10.0. The number of carbonyl (C=O) groups is 1. The molecule has 0 unspecified atom stereocenters. The first-order valence-electron chi connectivity index (χ1n) is 5.00. The minimum atomic E-state index is -1.33. The second-order valence-corrected chi connectivity index (χ2v) is 6.24. The molecule has 6 heteroatoms. The topological polar surface area (TPSA) is 63.6 Å². The van der Waals surface area contributed by atoms with Crippen LogP contribution < -0.4 is 0 Å². The summed E-state index contributed by atoms with van der Waals surface area (Å²) in [6, 6.07) is 0.798. The van der Waals surface area contributed by atoms with Crippen LogP contribution in [0.25, 0.3) is 0 Å². The van der Waals surface area contributed by atoms with Crippen molar-refractivity contribution >= 4 is 26.4 Å². The summed E-state index contributed by atoms with van der Waals surface area (Å²) in [4.78, 5) is 11.0. The Labute approximate surface area is 96.1 Å². The van der Waals surface area contributed by atoms with Crippen molar-refractivity contribution in [1.82, 2.24) is 0 Å². The molecule has 1 N–H and O–H groups in total. The molecule has 0 radical (unpaired) electrons. The van der Waals surface area contributed by atoms with Crippen LogP contribution in [0.15, 0.2) is 0 Å². The number of ether oxygens (including phenoxy) is 1. The predicted octanol–water partition coefficient (Wildman–Crippen LogP) is 1.09. The Morgan fingerprint density at radius 1 is 1.47 bits per heavy atom. The van der Waals surface area contributed by atoms with Gasteiger partial charge in [0.15, 0.2) is 0 Å². The van der Waals surface area contributed by atoms with E-state index in [0.717, 1.165) is 24.0 Å². The standard InChI is InChI=1S/C9H18O4SSi/c1-15(12)8-2-6-14-7-3-9(11)13-5-4-10/h10H,2-8H2,1H3. The molecule has 0 heterocycles. The molecule has 0 aliphatic heterocycles. The maximum absolute atomic E-state index is 11.0. The third-order valence-corrected chi connectivity index (χ3v) is 3.75. The van der Waals surface area contributed by atoms with E-state index in [9.17, 15) is 9.26 Å². The van der Waals surface area contributed by atoms with Crippen LogP contribution >= 0.6 is 11.8 Å². The number of rotatable bonds is 9. The molecule has 0 aromatic heterocycles. The highest BCUT2D eigenvalue weighted by molar-refractivity contribution is 7.99. The SMILES string of the molecule is C[Si](=O)CCCSCCC(=O)OCCO. The fraction of sp³-hybridized carbons (Fsp3) is 0.889. The molecule has 15 heavy (non-hydrogen) atoms. The first-order valence-corrected chi connectivity index (χ1v) is 8.27. The second kappa shape index (κ2) is 10.3. The summed E-state index contributed by atoms with van der Waals surface area (Å²) >= 11 is 1.67. The van der Waals surface area contributed by atoms with Gasteiger partial charge in [0.25, 0.3) is 8.68 Å². The van der Waals surface area contributed by atoms with Crippen molar-refractivity contribution in [3.05, 3.63) is 0 Å². The van der Waals surface area contributed by atoms with E-state index in [1.807, 2.05) is 0 Å². The van der Waals surface area contributed by atoms with Gasteiger partial charge in [-0.2, -0.15) is 11.8 Å². The highest BCUT2D eigenvalue weighted by atomic mass is 32.2. The van der Waals surface area contributed by atoms with Crippen LogP contribution in [0.4, 0.5) is 0 Å². The number of aliphatic hydroxyl groups excluding tert-OH is 1. The number of thioether (sulfide) groups is 1. The van der Waals surface area contributed by atoms with Crippen molar-refractivity contribution in [3.8, 4) is 0 Å². The van der Waals surface area contributed by atoms with Crippen LogP contribution in [0.5, 0.6) is 0 Å². The molecule has 0 spiro atoms. The number of carbonyl (C=O) groups excluding carboxylic acids is 1. The zero-order valence-corrected chi connectivity index (χ0v) is 10.8. The van der Waals surface area contributed by atoms with Gasteiger partial charge in [-0.1, -0.05) is 0 Å². The summed E-state index contributed by atoms with van der Waals surface area (Å²) in [5.41, 5.74) is 0. The summed E-state index contributed by atoms with van der Waals surface area (Å²) in [5.74, 6) is 1.41. The summed E-state index contributed by atoms with van der Waals surface area (Å²) in [5, 5.41) is 8.40. The molecule has 0 aliphatic rings. The van der Waals surface area contributed by atoms with Crippen molar-refractivity contribution < 1.29 is 19.1 Å². The van der Waals surface area contributed by atoms with Crippen LogP contribution in [0.1, 0.15) is 12.8 Å². The summed E-state index contributed by atoms with van der Waals surface area (Å²) in [6.45, 7) is 1.73. The minimum Gasteiger partial charge on any atom is -0.463 e. The molecule has 0 bridgehead atoms. The fourth-order valence-electron chi connectivity index (χ4n) is 0.912. The molecule has 4 nitrogen and oxygen atoms in total. The highest BCUT2D eigenvalue weighted by Gasteiger charge is 2.02. The van der Waals surface area contributed by atoms with Gasteiger partial charge in [-0.15, -0.1) is 0 Å². The molecule has 0 saturated heterocycles. The lowest BCUT2D eigenvalue weighted by Gasteiger charge is -2.02. The van der Waals surface area contributed by atoms with E-state index >= 15 is 0 Å². The molecule has 0 aromatic rings. The lowest BCUT2D eigenvalue weighted by atomic mass is 10.5. The molecule has 0 atom stereocenters. The molecule has 88 valence electrons. The number of esters is 1. The molecular formula is C9H18O4SSi. The molecule has 0 fully saturated rings. The quantitative estimate of drug-likeness (QED) is 0.377. The van der Waals surface area contributed by atoms with Crippen molar-refractivity contribution in [3.63, 3.8) is 0 Å². The Kier molecular flexibility index (Phi) is 10.2. The van der Waals surface area contributed by atoms with E-state index in [1.54, 1.807) is 18.3 Å². The minimum absolute atomic E-state index is 0.0846.